The molecule has 0 saturated heterocycles. The number of amides is 2. The van der Waals surface area contributed by atoms with Crippen LogP contribution in [0.15, 0.2) is 53.2 Å². The molecule has 8 nitrogen and oxygen atoms in total. The largest absolute Gasteiger partial charge is 0.497 e. The van der Waals surface area contributed by atoms with Crippen molar-refractivity contribution >= 4 is 6.03 Å². The van der Waals surface area contributed by atoms with Gasteiger partial charge in [-0.25, -0.2) is 9.78 Å². The van der Waals surface area contributed by atoms with Crippen molar-refractivity contribution in [3.63, 3.8) is 0 Å². The first-order valence-corrected chi connectivity index (χ1v) is 8.33. The minimum atomic E-state index is -0.305. The van der Waals surface area contributed by atoms with Crippen LogP contribution in [0.3, 0.4) is 0 Å². The van der Waals surface area contributed by atoms with Gasteiger partial charge in [0.25, 0.3) is 0 Å². The van der Waals surface area contributed by atoms with Crippen molar-refractivity contribution in [3.05, 3.63) is 65.7 Å². The van der Waals surface area contributed by atoms with E-state index in [9.17, 15) is 4.79 Å². The zero-order chi connectivity index (χ0) is 19.1. The lowest BCUT2D eigenvalue weighted by atomic mass is 10.3. The number of hydrogen-bond donors (Lipinski definition) is 2. The van der Waals surface area contributed by atoms with E-state index in [4.69, 9.17) is 14.0 Å². The van der Waals surface area contributed by atoms with E-state index in [-0.39, 0.29) is 12.6 Å². The molecule has 3 aromatic rings. The summed E-state index contributed by atoms with van der Waals surface area (Å²) >= 11 is 0. The summed E-state index contributed by atoms with van der Waals surface area (Å²) in [4.78, 5) is 16.1. The van der Waals surface area contributed by atoms with E-state index in [1.807, 2.05) is 31.2 Å². The number of rotatable bonds is 7. The van der Waals surface area contributed by atoms with Crippen molar-refractivity contribution in [2.24, 2.45) is 0 Å². The second-order valence-corrected chi connectivity index (χ2v) is 5.76. The number of hydrogen-bond acceptors (Lipinski definition) is 6. The van der Waals surface area contributed by atoms with Crippen molar-refractivity contribution in [3.8, 4) is 17.4 Å². The third-order valence-electron chi connectivity index (χ3n) is 3.61. The fourth-order valence-electron chi connectivity index (χ4n) is 2.27. The van der Waals surface area contributed by atoms with E-state index in [1.54, 1.807) is 31.5 Å². The molecule has 140 valence electrons. The van der Waals surface area contributed by atoms with Gasteiger partial charge in [0.15, 0.2) is 5.76 Å². The number of nitrogens with zero attached hydrogens (tertiary/aromatic N) is 2. The number of nitrogens with one attached hydrogen (secondary N) is 2. The van der Waals surface area contributed by atoms with Gasteiger partial charge in [-0.1, -0.05) is 17.3 Å². The Hall–Kier alpha value is -3.55. The molecule has 3 rings (SSSR count). The van der Waals surface area contributed by atoms with Crippen LogP contribution in [0.1, 0.15) is 17.0 Å². The van der Waals surface area contributed by atoms with Gasteiger partial charge in [-0.05, 0) is 24.6 Å². The van der Waals surface area contributed by atoms with Crippen molar-refractivity contribution in [2.45, 2.75) is 20.0 Å². The molecule has 0 fully saturated rings. The number of methoxy groups -OCH3 is 1. The highest BCUT2D eigenvalue weighted by molar-refractivity contribution is 5.73. The Labute approximate surface area is 156 Å². The van der Waals surface area contributed by atoms with Gasteiger partial charge in [-0.15, -0.1) is 0 Å². The smallest absolute Gasteiger partial charge is 0.315 e. The average molecular weight is 368 g/mol. The maximum absolute atomic E-state index is 11.8. The first kappa shape index (κ1) is 18.2. The Morgan fingerprint density at radius 1 is 1.11 bits per heavy atom. The number of pyridine rings is 1. The van der Waals surface area contributed by atoms with Crippen LogP contribution in [0.5, 0.6) is 17.4 Å². The first-order valence-electron chi connectivity index (χ1n) is 8.33. The first-order chi connectivity index (χ1) is 13.1. The molecule has 0 spiro atoms. The minimum Gasteiger partial charge on any atom is -0.497 e. The number of carbonyl (C=O) groups is 1. The van der Waals surface area contributed by atoms with Crippen LogP contribution >= 0.6 is 0 Å². The van der Waals surface area contributed by atoms with Gasteiger partial charge >= 0.3 is 6.03 Å². The van der Waals surface area contributed by atoms with Gasteiger partial charge in [-0.3, -0.25) is 0 Å². The van der Waals surface area contributed by atoms with E-state index in [0.717, 1.165) is 11.3 Å². The standard InChI is InChI=1S/C19H20N4O4/c1-13-8-17(27-23-13)12-22-19(24)21-11-14-6-7-18(20-10-14)26-16-5-3-4-15(9-16)25-2/h3-10H,11-12H2,1-2H3,(H2,21,22,24). The summed E-state index contributed by atoms with van der Waals surface area (Å²) in [6, 6.07) is 12.3. The Bertz CT molecular complexity index is 893. The molecule has 0 unspecified atom stereocenters. The maximum atomic E-state index is 11.8. The van der Waals surface area contributed by atoms with Crippen molar-refractivity contribution < 1.29 is 18.8 Å². The van der Waals surface area contributed by atoms with Gasteiger partial charge in [0.05, 0.1) is 19.3 Å². The molecule has 0 bridgehead atoms. The Balaban J connectivity index is 1.46. The number of carbonyl (C=O) groups excluding carboxylic acids is 1. The monoisotopic (exact) mass is 368 g/mol. The van der Waals surface area contributed by atoms with Crippen LogP contribution in [0.25, 0.3) is 0 Å². The number of aromatic nitrogens is 2. The van der Waals surface area contributed by atoms with Crippen LogP contribution in [-0.2, 0) is 13.1 Å². The molecule has 2 N–H and O–H groups in total. The van der Waals surface area contributed by atoms with E-state index in [2.05, 4.69) is 20.8 Å². The zero-order valence-electron chi connectivity index (χ0n) is 15.1. The van der Waals surface area contributed by atoms with Crippen LogP contribution in [0.2, 0.25) is 0 Å². The van der Waals surface area contributed by atoms with Gasteiger partial charge in [0.2, 0.25) is 5.88 Å². The molecule has 2 aromatic heterocycles. The van der Waals surface area contributed by atoms with Gasteiger partial charge < -0.3 is 24.6 Å². The van der Waals surface area contributed by atoms with Crippen LogP contribution in [-0.4, -0.2) is 23.3 Å². The van der Waals surface area contributed by atoms with Gasteiger partial charge in [0, 0.05) is 30.9 Å². The molecule has 8 heteroatoms. The van der Waals surface area contributed by atoms with Gasteiger partial charge in [0.1, 0.15) is 11.5 Å². The third kappa shape index (κ3) is 5.46. The molecule has 0 saturated carbocycles. The average Bonchev–Trinajstić information content (AvgIpc) is 3.11. The number of aryl methyl sites for hydroxylation is 1. The predicted molar refractivity (Wildman–Crippen MR) is 97.6 cm³/mol. The van der Waals surface area contributed by atoms with Crippen LogP contribution in [0.4, 0.5) is 4.79 Å². The van der Waals surface area contributed by atoms with Crippen LogP contribution in [0, 0.1) is 6.92 Å². The maximum Gasteiger partial charge on any atom is 0.315 e. The molecule has 0 aliphatic heterocycles. The lowest BCUT2D eigenvalue weighted by Gasteiger charge is -2.08. The number of benzene rings is 1. The summed E-state index contributed by atoms with van der Waals surface area (Å²) in [7, 11) is 1.60. The molecule has 2 heterocycles. The SMILES string of the molecule is COc1cccc(Oc2ccc(CNC(=O)NCc3cc(C)no3)cn2)c1. The second kappa shape index (κ2) is 8.70. The van der Waals surface area contributed by atoms with E-state index >= 15 is 0 Å². The molecule has 0 aliphatic rings. The van der Waals surface area contributed by atoms with E-state index in [1.165, 1.54) is 0 Å². The van der Waals surface area contributed by atoms with E-state index < -0.39 is 0 Å². The summed E-state index contributed by atoms with van der Waals surface area (Å²) in [5, 5.41) is 9.21. The highest BCUT2D eigenvalue weighted by Crippen LogP contribution is 2.23. The van der Waals surface area contributed by atoms with Crippen LogP contribution < -0.4 is 20.1 Å². The molecular weight excluding hydrogens is 348 g/mol. The quantitative estimate of drug-likeness (QED) is 0.665. The lowest BCUT2D eigenvalue weighted by Crippen LogP contribution is -2.34. The van der Waals surface area contributed by atoms with Crippen molar-refractivity contribution in [1.82, 2.24) is 20.8 Å². The lowest BCUT2D eigenvalue weighted by molar-refractivity contribution is 0.238. The van der Waals surface area contributed by atoms with E-state index in [0.29, 0.717) is 29.7 Å². The summed E-state index contributed by atoms with van der Waals surface area (Å²) in [6.07, 6.45) is 1.65. The Morgan fingerprint density at radius 2 is 1.93 bits per heavy atom. The number of urea groups is 1. The van der Waals surface area contributed by atoms with Crippen molar-refractivity contribution in [1.29, 1.82) is 0 Å². The molecule has 27 heavy (non-hydrogen) atoms. The van der Waals surface area contributed by atoms with Crippen molar-refractivity contribution in [2.75, 3.05) is 7.11 Å². The summed E-state index contributed by atoms with van der Waals surface area (Å²) < 4.78 is 15.9. The third-order valence-corrected chi connectivity index (χ3v) is 3.61. The molecule has 0 radical (unpaired) electrons. The fourth-order valence-corrected chi connectivity index (χ4v) is 2.27. The fraction of sp³-hybridized carbons (Fsp3) is 0.211. The Kier molecular flexibility index (Phi) is 5.88. The summed E-state index contributed by atoms with van der Waals surface area (Å²) in [5.41, 5.74) is 1.62. The topological polar surface area (TPSA) is 98.5 Å². The summed E-state index contributed by atoms with van der Waals surface area (Å²) in [5.74, 6) is 2.40. The summed E-state index contributed by atoms with van der Waals surface area (Å²) in [6.45, 7) is 2.44. The highest BCUT2D eigenvalue weighted by Gasteiger charge is 2.05. The highest BCUT2D eigenvalue weighted by atomic mass is 16.5. The molecule has 1 aromatic carbocycles. The second-order valence-electron chi connectivity index (χ2n) is 5.76. The minimum absolute atomic E-state index is 0.276. The molecule has 0 aliphatic carbocycles. The number of ether oxygens (including phenoxy) is 2. The molecule has 2 amide bonds. The normalized spacial score (nSPS) is 10.3. The predicted octanol–water partition coefficient (Wildman–Crippen LogP) is 3.18. The molecule has 0 atom stereocenters. The van der Waals surface area contributed by atoms with Gasteiger partial charge in [-0.2, -0.15) is 0 Å². The Morgan fingerprint density at radius 3 is 2.63 bits per heavy atom. The molecular formula is C19H20N4O4. The zero-order valence-corrected chi connectivity index (χ0v) is 15.1.